The number of primary amides is 1. The zero-order valence-electron chi connectivity index (χ0n) is 33.2. The van der Waals surface area contributed by atoms with Gasteiger partial charge in [-0.15, -0.1) is 11.8 Å². The number of carboxylic acid groups (broad SMARTS) is 1. The van der Waals surface area contributed by atoms with E-state index in [9.17, 15) is 53.1 Å². The van der Waals surface area contributed by atoms with Crippen LogP contribution in [0.1, 0.15) is 59.3 Å². The van der Waals surface area contributed by atoms with Crippen molar-refractivity contribution in [3.63, 3.8) is 0 Å². The summed E-state index contributed by atoms with van der Waals surface area (Å²) in [7, 11) is 0. The molecule has 0 aromatic heterocycles. The van der Waals surface area contributed by atoms with Crippen LogP contribution in [-0.4, -0.2) is 150 Å². The fourth-order valence-electron chi connectivity index (χ4n) is 5.21. The van der Waals surface area contributed by atoms with E-state index >= 15 is 0 Å². The number of nitrogens with two attached hydrogens (primary N) is 3. The van der Waals surface area contributed by atoms with Gasteiger partial charge in [0.25, 0.3) is 0 Å². The third-order valence-electron chi connectivity index (χ3n) is 8.40. The average Bonchev–Trinajstić information content (AvgIpc) is 3.15. The molecular formula is C34H59N11O11S2. The fourth-order valence-corrected chi connectivity index (χ4v) is 6.78. The molecule has 0 saturated carbocycles. The van der Waals surface area contributed by atoms with Crippen LogP contribution in [-0.2, 0) is 47.9 Å². The van der Waals surface area contributed by atoms with Gasteiger partial charge in [-0.1, -0.05) is 20.3 Å². The van der Waals surface area contributed by atoms with Crippen molar-refractivity contribution in [3.8, 4) is 0 Å². The number of aliphatic carboxylic acids is 1. The molecule has 1 unspecified atom stereocenters. The fraction of sp³-hybridized carbons (Fsp3) is 0.706. The van der Waals surface area contributed by atoms with E-state index in [1.54, 1.807) is 6.26 Å². The Kier molecular flexibility index (Phi) is 24.0. The summed E-state index contributed by atoms with van der Waals surface area (Å²) < 4.78 is 0. The van der Waals surface area contributed by atoms with Crippen LogP contribution in [0.4, 0.5) is 0 Å². The lowest BCUT2D eigenvalue weighted by Gasteiger charge is -2.25. The largest absolute Gasteiger partial charge is 0.480 e. The van der Waals surface area contributed by atoms with Crippen molar-refractivity contribution in [2.45, 2.75) is 101 Å². The van der Waals surface area contributed by atoms with Gasteiger partial charge in [0.2, 0.25) is 53.2 Å². The highest BCUT2D eigenvalue weighted by Gasteiger charge is 2.32. The molecule has 58 heavy (non-hydrogen) atoms. The first kappa shape index (κ1) is 51.3. The molecule has 15 N–H and O–H groups in total. The van der Waals surface area contributed by atoms with Gasteiger partial charge in [-0.25, -0.2) is 4.79 Å². The molecule has 24 heteroatoms. The number of hydrogen-bond acceptors (Lipinski definition) is 14. The Morgan fingerprint density at radius 1 is 0.897 bits per heavy atom. The minimum atomic E-state index is -1.79. The van der Waals surface area contributed by atoms with Crippen LogP contribution in [0, 0.1) is 5.92 Å². The molecule has 0 aromatic rings. The van der Waals surface area contributed by atoms with E-state index in [1.807, 2.05) is 13.8 Å². The van der Waals surface area contributed by atoms with Crippen LogP contribution in [0.2, 0.25) is 0 Å². The summed E-state index contributed by atoms with van der Waals surface area (Å²) in [6, 6.07) is -7.81. The average molecular weight is 862 g/mol. The van der Waals surface area contributed by atoms with Crippen LogP contribution >= 0.6 is 23.5 Å². The van der Waals surface area contributed by atoms with Gasteiger partial charge in [0, 0.05) is 12.3 Å². The highest BCUT2D eigenvalue weighted by atomic mass is 32.2. The van der Waals surface area contributed by atoms with Crippen molar-refractivity contribution in [2.75, 3.05) is 43.9 Å². The summed E-state index contributed by atoms with van der Waals surface area (Å²) >= 11 is 2.12. The molecule has 0 radical (unpaired) electrons. The SMILES string of the molecule is CSCC[C@@H]1NC(=O)[C@H](CC(C)C)NC(=O)[C@H](C)NC(=O)CNC(=O)C(CNC(=O)[C@@H](N)CCCCN)SC[C@H](C(=O)N[C@@H](CC(N)=O)C(=O)O)NC(=O)CNC1=O. The second kappa shape index (κ2) is 27.1. The first-order valence-corrected chi connectivity index (χ1v) is 21.1. The van der Waals surface area contributed by atoms with Gasteiger partial charge in [-0.2, -0.15) is 11.8 Å². The summed E-state index contributed by atoms with van der Waals surface area (Å²) in [5, 5.41) is 27.9. The van der Waals surface area contributed by atoms with Crippen molar-refractivity contribution >= 4 is 82.7 Å². The summed E-state index contributed by atoms with van der Waals surface area (Å²) in [4.78, 5) is 129. The first-order valence-electron chi connectivity index (χ1n) is 18.7. The predicted molar refractivity (Wildman–Crippen MR) is 215 cm³/mol. The molecule has 9 amide bonds. The van der Waals surface area contributed by atoms with E-state index in [0.717, 1.165) is 11.8 Å². The van der Waals surface area contributed by atoms with Crippen LogP contribution in [0.5, 0.6) is 0 Å². The molecule has 1 fully saturated rings. The molecule has 0 spiro atoms. The van der Waals surface area contributed by atoms with Crippen molar-refractivity contribution in [2.24, 2.45) is 23.1 Å². The molecular weight excluding hydrogens is 803 g/mol. The Labute approximate surface area is 345 Å². The molecule has 0 aliphatic carbocycles. The van der Waals surface area contributed by atoms with Gasteiger partial charge in [0.15, 0.2) is 0 Å². The minimum Gasteiger partial charge on any atom is -0.480 e. The van der Waals surface area contributed by atoms with E-state index in [1.165, 1.54) is 18.7 Å². The number of hydrogen-bond donors (Lipinski definition) is 12. The third kappa shape index (κ3) is 20.1. The number of amides is 9. The van der Waals surface area contributed by atoms with E-state index in [2.05, 4.69) is 42.5 Å². The standard InChI is InChI=1S/C34H59N11O11S2/c1-17(2)11-21-31(52)43-20(8-10-57-4)30(51)39-15-27(48)42-23(32(53)45-22(34(55)56)12-25(37)46)16-58-24(13-38-29(50)19(36)7-5-6-9-35)33(54)40-14-26(47)41-18(3)28(49)44-21/h17-24H,5-16,35-36H2,1-4H3,(H2,37,46)(H,38,50)(H,39,51)(H,40,54)(H,41,47)(H,42,48)(H,43,52)(H,44,49)(H,45,53)(H,55,56)/t18-,19-,20-,21-,22-,23+,24?/m0/s1. The quantitative estimate of drug-likeness (QED) is 0.0610. The number of rotatable bonds is 17. The summed E-state index contributed by atoms with van der Waals surface area (Å²) in [6.45, 7) is 3.63. The molecule has 1 saturated heterocycles. The topological polar surface area (TPSA) is 365 Å². The number of thioether (sulfide) groups is 2. The molecule has 0 aromatic carbocycles. The van der Waals surface area contributed by atoms with E-state index < -0.39 is 126 Å². The van der Waals surface area contributed by atoms with Gasteiger partial charge < -0.3 is 64.8 Å². The Balaban J connectivity index is 3.57. The number of carbonyl (C=O) groups is 10. The maximum absolute atomic E-state index is 13.5. The van der Waals surface area contributed by atoms with E-state index in [4.69, 9.17) is 17.2 Å². The number of carbonyl (C=O) groups excluding carboxylic acids is 9. The smallest absolute Gasteiger partial charge is 0.326 e. The van der Waals surface area contributed by atoms with Crippen molar-refractivity contribution in [1.82, 2.24) is 42.5 Å². The Bertz CT molecular complexity index is 1470. The molecule has 1 aliphatic heterocycles. The number of unbranched alkanes of at least 4 members (excludes halogenated alkanes) is 1. The number of nitrogens with one attached hydrogen (secondary N) is 8. The molecule has 1 heterocycles. The van der Waals surface area contributed by atoms with E-state index in [-0.39, 0.29) is 25.3 Å². The zero-order valence-corrected chi connectivity index (χ0v) is 34.8. The van der Waals surface area contributed by atoms with Crippen LogP contribution in [0.25, 0.3) is 0 Å². The van der Waals surface area contributed by atoms with Gasteiger partial charge >= 0.3 is 5.97 Å². The van der Waals surface area contributed by atoms with Crippen LogP contribution in [0.3, 0.4) is 0 Å². The highest BCUT2D eigenvalue weighted by Crippen LogP contribution is 2.14. The van der Waals surface area contributed by atoms with Gasteiger partial charge in [-0.3, -0.25) is 43.2 Å². The minimum absolute atomic E-state index is 0.0953. The second-order valence-electron chi connectivity index (χ2n) is 13.9. The zero-order chi connectivity index (χ0) is 43.9. The lowest BCUT2D eigenvalue weighted by Crippen LogP contribution is -2.57. The molecule has 1 aliphatic rings. The summed E-state index contributed by atoms with van der Waals surface area (Å²) in [5.41, 5.74) is 16.6. The maximum Gasteiger partial charge on any atom is 0.326 e. The molecule has 328 valence electrons. The lowest BCUT2D eigenvalue weighted by molar-refractivity contribution is -0.143. The molecule has 7 atom stereocenters. The first-order chi connectivity index (χ1) is 27.3. The molecule has 22 nitrogen and oxygen atoms in total. The summed E-state index contributed by atoms with van der Waals surface area (Å²) in [6.07, 6.45) is 2.75. The third-order valence-corrected chi connectivity index (χ3v) is 10.3. The van der Waals surface area contributed by atoms with Crippen molar-refractivity contribution in [1.29, 1.82) is 0 Å². The Morgan fingerprint density at radius 2 is 1.52 bits per heavy atom. The Morgan fingerprint density at radius 3 is 2.10 bits per heavy atom. The molecule has 1 rings (SSSR count). The van der Waals surface area contributed by atoms with Gasteiger partial charge in [0.1, 0.15) is 35.5 Å². The second-order valence-corrected chi connectivity index (χ2v) is 16.1. The van der Waals surface area contributed by atoms with Crippen molar-refractivity contribution in [3.05, 3.63) is 0 Å². The predicted octanol–water partition coefficient (Wildman–Crippen LogP) is -4.89. The highest BCUT2D eigenvalue weighted by molar-refractivity contribution is 8.00. The van der Waals surface area contributed by atoms with Crippen LogP contribution < -0.4 is 59.7 Å². The lowest BCUT2D eigenvalue weighted by atomic mass is 10.0. The summed E-state index contributed by atoms with van der Waals surface area (Å²) in [5.74, 6) is -9.24. The number of carboxylic acids is 1. The van der Waals surface area contributed by atoms with E-state index in [0.29, 0.717) is 31.6 Å². The Hall–Kier alpha value is -4.68. The van der Waals surface area contributed by atoms with Gasteiger partial charge in [-0.05, 0) is 57.1 Å². The normalized spacial score (nSPS) is 23.0. The van der Waals surface area contributed by atoms with Crippen LogP contribution in [0.15, 0.2) is 0 Å². The maximum atomic E-state index is 13.5. The monoisotopic (exact) mass is 861 g/mol. The van der Waals surface area contributed by atoms with Crippen molar-refractivity contribution < 1.29 is 53.1 Å². The molecule has 0 bridgehead atoms. The van der Waals surface area contributed by atoms with Gasteiger partial charge in [0.05, 0.1) is 25.6 Å².